The largest absolute Gasteiger partial charge is 0.377 e. The van der Waals surface area contributed by atoms with E-state index in [2.05, 4.69) is 42.9 Å². The van der Waals surface area contributed by atoms with Gasteiger partial charge in [-0.3, -0.25) is 4.99 Å². The van der Waals surface area contributed by atoms with Gasteiger partial charge in [0.2, 0.25) is 0 Å². The van der Waals surface area contributed by atoms with Gasteiger partial charge in [-0.1, -0.05) is 27.7 Å². The van der Waals surface area contributed by atoms with Crippen molar-refractivity contribution in [2.24, 2.45) is 28.2 Å². The Bertz CT molecular complexity index is 430. The third kappa shape index (κ3) is 3.65. The van der Waals surface area contributed by atoms with E-state index in [1.165, 1.54) is 19.3 Å². The SMILES string of the molecule is CN=C(NC1C2CCCOC2C1(C)C)N1CC(C)CC(C)C1.I. The van der Waals surface area contributed by atoms with E-state index < -0.39 is 0 Å². The molecule has 1 saturated carbocycles. The highest BCUT2D eigenvalue weighted by Crippen LogP contribution is 2.51. The van der Waals surface area contributed by atoms with Crippen LogP contribution in [0, 0.1) is 23.2 Å². The first-order valence-electron chi connectivity index (χ1n) is 9.03. The van der Waals surface area contributed by atoms with E-state index in [-0.39, 0.29) is 29.4 Å². The maximum atomic E-state index is 6.02. The molecule has 0 aromatic rings. The lowest BCUT2D eigenvalue weighted by atomic mass is 9.55. The number of hydrogen-bond donors (Lipinski definition) is 1. The highest BCUT2D eigenvalue weighted by atomic mass is 127. The molecule has 5 heteroatoms. The minimum atomic E-state index is 0. The van der Waals surface area contributed by atoms with Crippen LogP contribution in [0.2, 0.25) is 0 Å². The van der Waals surface area contributed by atoms with Crippen LogP contribution in [0.15, 0.2) is 4.99 Å². The summed E-state index contributed by atoms with van der Waals surface area (Å²) in [5.74, 6) is 3.26. The van der Waals surface area contributed by atoms with Crippen LogP contribution < -0.4 is 5.32 Å². The lowest BCUT2D eigenvalue weighted by Crippen LogP contribution is -2.71. The summed E-state index contributed by atoms with van der Waals surface area (Å²) >= 11 is 0. The minimum Gasteiger partial charge on any atom is -0.377 e. The lowest BCUT2D eigenvalue weighted by molar-refractivity contribution is -0.188. The van der Waals surface area contributed by atoms with Crippen LogP contribution in [0.1, 0.15) is 47.0 Å². The van der Waals surface area contributed by atoms with Gasteiger partial charge in [-0.2, -0.15) is 0 Å². The Morgan fingerprint density at radius 1 is 1.22 bits per heavy atom. The molecule has 2 aliphatic heterocycles. The van der Waals surface area contributed by atoms with E-state index in [1.54, 1.807) is 0 Å². The van der Waals surface area contributed by atoms with Crippen LogP contribution >= 0.6 is 24.0 Å². The summed E-state index contributed by atoms with van der Waals surface area (Å²) in [5.41, 5.74) is 0.202. The smallest absolute Gasteiger partial charge is 0.193 e. The van der Waals surface area contributed by atoms with Crippen LogP contribution in [0.3, 0.4) is 0 Å². The maximum absolute atomic E-state index is 6.02. The predicted octanol–water partition coefficient (Wildman–Crippen LogP) is 3.36. The lowest BCUT2D eigenvalue weighted by Gasteiger charge is -2.60. The molecule has 0 aromatic carbocycles. The third-order valence-corrected chi connectivity index (χ3v) is 6.00. The number of likely N-dealkylation sites (tertiary alicyclic amines) is 1. The molecule has 3 aliphatic rings. The molecular weight excluding hydrogens is 401 g/mol. The molecule has 3 rings (SSSR count). The van der Waals surface area contributed by atoms with E-state index in [0.29, 0.717) is 18.1 Å². The van der Waals surface area contributed by atoms with Gasteiger partial charge >= 0.3 is 0 Å². The first kappa shape index (κ1) is 19.3. The standard InChI is InChI=1S/C18H33N3O.HI/c1-12-9-13(2)11-21(10-12)17(19-5)20-15-14-7-6-8-22-16(14)18(15,3)4;/h12-16H,6-11H2,1-5H3,(H,19,20);1H. The number of halogens is 1. The summed E-state index contributed by atoms with van der Waals surface area (Å²) in [7, 11) is 1.92. The summed E-state index contributed by atoms with van der Waals surface area (Å²) in [6, 6.07) is 0.490. The molecule has 0 spiro atoms. The quantitative estimate of drug-likeness (QED) is 0.390. The number of hydrogen-bond acceptors (Lipinski definition) is 2. The van der Waals surface area contributed by atoms with Gasteiger partial charge < -0.3 is 15.0 Å². The van der Waals surface area contributed by atoms with E-state index in [4.69, 9.17) is 4.74 Å². The molecular formula is C18H34IN3O. The van der Waals surface area contributed by atoms with Gasteiger partial charge in [0, 0.05) is 44.1 Å². The van der Waals surface area contributed by atoms with Crippen LogP contribution in [-0.4, -0.2) is 49.7 Å². The zero-order valence-corrected chi connectivity index (χ0v) is 17.7. The van der Waals surface area contributed by atoms with Gasteiger partial charge in [0.1, 0.15) is 0 Å². The van der Waals surface area contributed by atoms with Crippen molar-refractivity contribution < 1.29 is 4.74 Å². The van der Waals surface area contributed by atoms with Crippen molar-refractivity contribution in [3.63, 3.8) is 0 Å². The predicted molar refractivity (Wildman–Crippen MR) is 106 cm³/mol. The molecule has 23 heavy (non-hydrogen) atoms. The van der Waals surface area contributed by atoms with Crippen LogP contribution in [0.5, 0.6) is 0 Å². The number of piperidine rings is 1. The van der Waals surface area contributed by atoms with Gasteiger partial charge in [0.15, 0.2) is 5.96 Å². The van der Waals surface area contributed by atoms with E-state index >= 15 is 0 Å². The van der Waals surface area contributed by atoms with Crippen molar-refractivity contribution in [2.75, 3.05) is 26.7 Å². The number of nitrogens with one attached hydrogen (secondary N) is 1. The fraction of sp³-hybridized carbons (Fsp3) is 0.944. The molecule has 5 atom stereocenters. The number of ether oxygens (including phenoxy) is 1. The summed E-state index contributed by atoms with van der Waals surface area (Å²) in [6.45, 7) is 12.6. The molecule has 1 aliphatic carbocycles. The van der Waals surface area contributed by atoms with Crippen molar-refractivity contribution in [1.82, 2.24) is 10.2 Å². The van der Waals surface area contributed by atoms with Crippen LogP contribution in [0.25, 0.3) is 0 Å². The molecule has 134 valence electrons. The summed E-state index contributed by atoms with van der Waals surface area (Å²) < 4.78 is 6.02. The second-order valence-corrected chi connectivity index (χ2v) is 8.44. The molecule has 1 N–H and O–H groups in total. The summed E-state index contributed by atoms with van der Waals surface area (Å²) in [5, 5.41) is 3.80. The second kappa shape index (κ2) is 7.46. The third-order valence-electron chi connectivity index (χ3n) is 6.00. The summed E-state index contributed by atoms with van der Waals surface area (Å²) in [6.07, 6.45) is 4.25. The Morgan fingerprint density at radius 3 is 2.48 bits per heavy atom. The fourth-order valence-corrected chi connectivity index (χ4v) is 5.09. The second-order valence-electron chi connectivity index (χ2n) is 8.44. The highest BCUT2D eigenvalue weighted by molar-refractivity contribution is 14.0. The molecule has 5 unspecified atom stereocenters. The van der Waals surface area contributed by atoms with Gasteiger partial charge in [-0.25, -0.2) is 0 Å². The van der Waals surface area contributed by atoms with Gasteiger partial charge in [0.05, 0.1) is 6.10 Å². The van der Waals surface area contributed by atoms with Crippen molar-refractivity contribution in [2.45, 2.75) is 59.1 Å². The maximum Gasteiger partial charge on any atom is 0.193 e. The van der Waals surface area contributed by atoms with Crippen LogP contribution in [-0.2, 0) is 4.74 Å². The number of fused-ring (bicyclic) bond motifs is 1. The molecule has 2 heterocycles. The Morgan fingerprint density at radius 2 is 1.87 bits per heavy atom. The first-order valence-corrected chi connectivity index (χ1v) is 9.03. The van der Waals surface area contributed by atoms with Gasteiger partial charge in [-0.05, 0) is 31.1 Å². The van der Waals surface area contributed by atoms with E-state index in [0.717, 1.165) is 37.5 Å². The molecule has 3 fully saturated rings. The Hall–Kier alpha value is -0.0400. The minimum absolute atomic E-state index is 0. The number of rotatable bonds is 1. The highest BCUT2D eigenvalue weighted by Gasteiger charge is 2.58. The van der Waals surface area contributed by atoms with Crippen molar-refractivity contribution >= 4 is 29.9 Å². The first-order chi connectivity index (χ1) is 10.4. The average molecular weight is 435 g/mol. The van der Waals surface area contributed by atoms with Crippen molar-refractivity contribution in [3.8, 4) is 0 Å². The van der Waals surface area contributed by atoms with Gasteiger partial charge in [-0.15, -0.1) is 24.0 Å². The molecule has 0 aromatic heterocycles. The zero-order chi connectivity index (χ0) is 15.9. The Balaban J connectivity index is 0.00000192. The molecule has 0 radical (unpaired) electrons. The topological polar surface area (TPSA) is 36.9 Å². The molecule has 0 amide bonds. The number of guanidine groups is 1. The van der Waals surface area contributed by atoms with E-state index in [9.17, 15) is 0 Å². The van der Waals surface area contributed by atoms with Gasteiger partial charge in [0.25, 0.3) is 0 Å². The van der Waals surface area contributed by atoms with Crippen LogP contribution in [0.4, 0.5) is 0 Å². The monoisotopic (exact) mass is 435 g/mol. The fourth-order valence-electron chi connectivity index (χ4n) is 5.09. The van der Waals surface area contributed by atoms with Crippen molar-refractivity contribution in [3.05, 3.63) is 0 Å². The number of nitrogens with zero attached hydrogens (tertiary/aromatic N) is 2. The summed E-state index contributed by atoms with van der Waals surface area (Å²) in [4.78, 5) is 7.06. The van der Waals surface area contributed by atoms with E-state index in [1.807, 2.05) is 7.05 Å². The Kier molecular flexibility index (Phi) is 6.26. The average Bonchev–Trinajstić information content (AvgIpc) is 2.47. The molecule has 2 saturated heterocycles. The molecule has 0 bridgehead atoms. The molecule has 4 nitrogen and oxygen atoms in total. The normalized spacial score (nSPS) is 39.8. The van der Waals surface area contributed by atoms with Crippen molar-refractivity contribution in [1.29, 1.82) is 0 Å². The Labute approximate surface area is 158 Å². The number of aliphatic imine (C=N–C) groups is 1. The zero-order valence-electron chi connectivity index (χ0n) is 15.3.